The summed E-state index contributed by atoms with van der Waals surface area (Å²) in [4.78, 5) is 8.95. The summed E-state index contributed by atoms with van der Waals surface area (Å²) in [5, 5.41) is 0.816. The van der Waals surface area contributed by atoms with Crippen LogP contribution in [-0.2, 0) is 24.1 Å². The molecule has 0 saturated heterocycles. The van der Waals surface area contributed by atoms with Crippen LogP contribution in [0.15, 0.2) is 5.16 Å². The molecule has 1 aromatic rings. The Hall–Kier alpha value is -0.650. The molecule has 5 heteroatoms. The SMILES string of the molecule is CSc1nc(CN)c2c(n1)CCOCC2. The highest BCUT2D eigenvalue weighted by Crippen LogP contribution is 2.19. The largest absolute Gasteiger partial charge is 0.381 e. The zero-order valence-corrected chi connectivity index (χ0v) is 9.64. The van der Waals surface area contributed by atoms with Crippen molar-refractivity contribution in [3.63, 3.8) is 0 Å². The van der Waals surface area contributed by atoms with E-state index >= 15 is 0 Å². The topological polar surface area (TPSA) is 61.0 Å². The number of ether oxygens (including phenoxy) is 1. The fourth-order valence-electron chi connectivity index (χ4n) is 1.76. The number of hydrogen-bond donors (Lipinski definition) is 1. The van der Waals surface area contributed by atoms with Crippen molar-refractivity contribution in [2.75, 3.05) is 19.5 Å². The van der Waals surface area contributed by atoms with E-state index in [1.807, 2.05) is 6.26 Å². The molecule has 2 heterocycles. The minimum absolute atomic E-state index is 0.485. The lowest BCUT2D eigenvalue weighted by Gasteiger charge is -2.10. The van der Waals surface area contributed by atoms with E-state index in [4.69, 9.17) is 10.5 Å². The predicted molar refractivity (Wildman–Crippen MR) is 59.9 cm³/mol. The molecule has 15 heavy (non-hydrogen) atoms. The normalized spacial score (nSPS) is 15.9. The molecule has 4 nitrogen and oxygen atoms in total. The van der Waals surface area contributed by atoms with Crippen LogP contribution in [0.3, 0.4) is 0 Å². The average Bonchev–Trinajstić information content (AvgIpc) is 2.52. The van der Waals surface area contributed by atoms with Gasteiger partial charge in [0.15, 0.2) is 5.16 Å². The van der Waals surface area contributed by atoms with Gasteiger partial charge in [-0.15, -0.1) is 0 Å². The van der Waals surface area contributed by atoms with Crippen LogP contribution in [0.25, 0.3) is 0 Å². The first-order chi connectivity index (χ1) is 7.35. The van der Waals surface area contributed by atoms with E-state index in [2.05, 4.69) is 9.97 Å². The first-order valence-corrected chi connectivity index (χ1v) is 6.28. The Morgan fingerprint density at radius 3 is 2.87 bits per heavy atom. The summed E-state index contributed by atoms with van der Waals surface area (Å²) in [5.74, 6) is 0. The molecule has 0 bridgehead atoms. The lowest BCUT2D eigenvalue weighted by molar-refractivity contribution is 0.146. The standard InChI is InChI=1S/C10H15N3OS/c1-15-10-12-8-3-5-14-4-2-7(8)9(6-11)13-10/h2-6,11H2,1H3. The molecule has 0 saturated carbocycles. The van der Waals surface area contributed by atoms with Gasteiger partial charge in [0.25, 0.3) is 0 Å². The summed E-state index contributed by atoms with van der Waals surface area (Å²) in [6.45, 7) is 1.99. The number of rotatable bonds is 2. The maximum Gasteiger partial charge on any atom is 0.187 e. The van der Waals surface area contributed by atoms with Gasteiger partial charge in [0.05, 0.1) is 24.6 Å². The highest BCUT2D eigenvalue weighted by molar-refractivity contribution is 7.98. The van der Waals surface area contributed by atoms with Crippen LogP contribution in [0.2, 0.25) is 0 Å². The Labute approximate surface area is 93.6 Å². The molecule has 0 spiro atoms. The van der Waals surface area contributed by atoms with Crippen molar-refractivity contribution in [3.8, 4) is 0 Å². The molecule has 1 aliphatic heterocycles. The molecule has 0 unspecified atom stereocenters. The van der Waals surface area contributed by atoms with Gasteiger partial charge in [0.2, 0.25) is 0 Å². The molecule has 0 fully saturated rings. The molecule has 0 aromatic carbocycles. The first kappa shape index (κ1) is 10.9. The van der Waals surface area contributed by atoms with Crippen LogP contribution in [0.1, 0.15) is 17.0 Å². The molecule has 1 aliphatic rings. The predicted octanol–water partition coefficient (Wildman–Crippen LogP) is 0.772. The Balaban J connectivity index is 2.45. The van der Waals surface area contributed by atoms with Gasteiger partial charge in [-0.1, -0.05) is 11.8 Å². The van der Waals surface area contributed by atoms with Crippen LogP contribution in [0.5, 0.6) is 0 Å². The Morgan fingerprint density at radius 1 is 1.33 bits per heavy atom. The van der Waals surface area contributed by atoms with E-state index in [1.165, 1.54) is 5.56 Å². The Bertz CT molecular complexity index is 357. The minimum Gasteiger partial charge on any atom is -0.381 e. The summed E-state index contributed by atoms with van der Waals surface area (Å²) in [6.07, 6.45) is 3.74. The number of nitrogens with two attached hydrogens (primary N) is 1. The van der Waals surface area contributed by atoms with Crippen molar-refractivity contribution < 1.29 is 4.74 Å². The molecular formula is C10H15N3OS. The van der Waals surface area contributed by atoms with Gasteiger partial charge in [-0.3, -0.25) is 0 Å². The summed E-state index contributed by atoms with van der Waals surface area (Å²) in [5.41, 5.74) is 9.01. The molecule has 2 rings (SSSR count). The minimum atomic E-state index is 0.485. The second-order valence-electron chi connectivity index (χ2n) is 3.40. The van der Waals surface area contributed by atoms with E-state index in [0.29, 0.717) is 6.54 Å². The number of aromatic nitrogens is 2. The fourth-order valence-corrected chi connectivity index (χ4v) is 2.16. The molecule has 2 N–H and O–H groups in total. The highest BCUT2D eigenvalue weighted by atomic mass is 32.2. The van der Waals surface area contributed by atoms with Crippen LogP contribution in [0.4, 0.5) is 0 Å². The summed E-state index contributed by atoms with van der Waals surface area (Å²) in [6, 6.07) is 0. The summed E-state index contributed by atoms with van der Waals surface area (Å²) < 4.78 is 5.43. The zero-order chi connectivity index (χ0) is 10.7. The van der Waals surface area contributed by atoms with Crippen LogP contribution in [0, 0.1) is 0 Å². The third-order valence-electron chi connectivity index (χ3n) is 2.51. The van der Waals surface area contributed by atoms with Crippen molar-refractivity contribution in [1.29, 1.82) is 0 Å². The first-order valence-electron chi connectivity index (χ1n) is 5.05. The maximum absolute atomic E-state index is 5.71. The van der Waals surface area contributed by atoms with Crippen molar-refractivity contribution in [2.24, 2.45) is 5.73 Å². The third-order valence-corrected chi connectivity index (χ3v) is 3.06. The van der Waals surface area contributed by atoms with Crippen molar-refractivity contribution >= 4 is 11.8 Å². The maximum atomic E-state index is 5.71. The van der Waals surface area contributed by atoms with E-state index in [-0.39, 0.29) is 0 Å². The van der Waals surface area contributed by atoms with Crippen molar-refractivity contribution in [2.45, 2.75) is 24.5 Å². The Kier molecular flexibility index (Phi) is 3.56. The monoisotopic (exact) mass is 225 g/mol. The van der Waals surface area contributed by atoms with Crippen LogP contribution >= 0.6 is 11.8 Å². The third kappa shape index (κ3) is 2.30. The zero-order valence-electron chi connectivity index (χ0n) is 8.82. The molecule has 0 amide bonds. The smallest absolute Gasteiger partial charge is 0.187 e. The second-order valence-corrected chi connectivity index (χ2v) is 4.17. The van der Waals surface area contributed by atoms with E-state index in [1.54, 1.807) is 11.8 Å². The van der Waals surface area contributed by atoms with Gasteiger partial charge < -0.3 is 10.5 Å². The van der Waals surface area contributed by atoms with Crippen LogP contribution < -0.4 is 5.73 Å². The van der Waals surface area contributed by atoms with Gasteiger partial charge in [0, 0.05) is 13.0 Å². The fraction of sp³-hybridized carbons (Fsp3) is 0.600. The number of nitrogens with zero attached hydrogens (tertiary/aromatic N) is 2. The molecule has 0 atom stereocenters. The Morgan fingerprint density at radius 2 is 2.13 bits per heavy atom. The lowest BCUT2D eigenvalue weighted by atomic mass is 10.1. The molecule has 0 radical (unpaired) electrons. The number of fused-ring (bicyclic) bond motifs is 1. The number of thioether (sulfide) groups is 1. The van der Waals surface area contributed by atoms with Crippen molar-refractivity contribution in [3.05, 3.63) is 17.0 Å². The van der Waals surface area contributed by atoms with Gasteiger partial charge in [-0.2, -0.15) is 0 Å². The highest BCUT2D eigenvalue weighted by Gasteiger charge is 2.15. The van der Waals surface area contributed by atoms with Gasteiger partial charge >= 0.3 is 0 Å². The van der Waals surface area contributed by atoms with Gasteiger partial charge in [-0.05, 0) is 18.2 Å². The number of hydrogen-bond acceptors (Lipinski definition) is 5. The van der Waals surface area contributed by atoms with E-state index < -0.39 is 0 Å². The van der Waals surface area contributed by atoms with E-state index in [0.717, 1.165) is 42.6 Å². The second kappa shape index (κ2) is 4.92. The average molecular weight is 225 g/mol. The molecule has 0 aliphatic carbocycles. The van der Waals surface area contributed by atoms with Gasteiger partial charge in [0.1, 0.15) is 0 Å². The molecule has 82 valence electrons. The van der Waals surface area contributed by atoms with Crippen LogP contribution in [-0.4, -0.2) is 29.4 Å². The molecule has 1 aromatic heterocycles. The van der Waals surface area contributed by atoms with E-state index in [9.17, 15) is 0 Å². The van der Waals surface area contributed by atoms with Crippen molar-refractivity contribution in [1.82, 2.24) is 9.97 Å². The summed E-state index contributed by atoms with van der Waals surface area (Å²) in [7, 11) is 0. The summed E-state index contributed by atoms with van der Waals surface area (Å²) >= 11 is 1.56. The molecular weight excluding hydrogens is 210 g/mol. The lowest BCUT2D eigenvalue weighted by Crippen LogP contribution is -2.11. The van der Waals surface area contributed by atoms with Gasteiger partial charge in [-0.25, -0.2) is 9.97 Å². The quantitative estimate of drug-likeness (QED) is 0.595.